The molecule has 1 unspecified atom stereocenters. The first-order chi connectivity index (χ1) is 11.2. The topological polar surface area (TPSA) is 125 Å². The lowest BCUT2D eigenvalue weighted by Crippen LogP contribution is -2.41. The van der Waals surface area contributed by atoms with Crippen molar-refractivity contribution in [3.05, 3.63) is 18.2 Å². The van der Waals surface area contributed by atoms with Crippen LogP contribution in [0, 0.1) is 5.92 Å². The zero-order valence-electron chi connectivity index (χ0n) is 13.5. The van der Waals surface area contributed by atoms with Gasteiger partial charge in [0.25, 0.3) is 0 Å². The fourth-order valence-electron chi connectivity index (χ4n) is 2.19. The third kappa shape index (κ3) is 4.85. The number of nitrogens with one attached hydrogen (secondary N) is 3. The Bertz CT molecular complexity index is 743. The van der Waals surface area contributed by atoms with E-state index in [2.05, 4.69) is 16.0 Å². The number of hydrogen-bond donors (Lipinski definition) is 4. The van der Waals surface area contributed by atoms with Gasteiger partial charge in [-0.15, -0.1) is 0 Å². The molecule has 1 saturated carbocycles. The summed E-state index contributed by atoms with van der Waals surface area (Å²) in [6.07, 6.45) is 1.98. The highest BCUT2D eigenvalue weighted by Crippen LogP contribution is 2.33. The Morgan fingerprint density at radius 1 is 1.33 bits per heavy atom. The average molecular weight is 355 g/mol. The van der Waals surface area contributed by atoms with Crippen molar-refractivity contribution in [1.82, 2.24) is 5.32 Å². The van der Waals surface area contributed by atoms with Gasteiger partial charge in [0.15, 0.2) is 9.84 Å². The van der Waals surface area contributed by atoms with Gasteiger partial charge in [0.1, 0.15) is 6.04 Å². The number of carboxylic acid groups (broad SMARTS) is 1. The Morgan fingerprint density at radius 2 is 2.00 bits per heavy atom. The molecule has 1 atom stereocenters. The first kappa shape index (κ1) is 18.1. The van der Waals surface area contributed by atoms with Crippen molar-refractivity contribution in [2.24, 2.45) is 5.92 Å². The molecular weight excluding hydrogens is 334 g/mol. The lowest BCUT2D eigenvalue weighted by molar-refractivity contribution is -0.117. The molecule has 2 rings (SSSR count). The van der Waals surface area contributed by atoms with Crippen LogP contribution in [0.1, 0.15) is 19.8 Å². The zero-order valence-corrected chi connectivity index (χ0v) is 14.3. The summed E-state index contributed by atoms with van der Waals surface area (Å²) in [5.41, 5.74) is 0.644. The number of anilines is 2. The predicted molar refractivity (Wildman–Crippen MR) is 90.0 cm³/mol. The first-order valence-electron chi connectivity index (χ1n) is 7.55. The number of rotatable bonds is 7. The number of amides is 2. The van der Waals surface area contributed by atoms with E-state index in [-0.39, 0.29) is 4.90 Å². The minimum absolute atomic E-state index is 0.0970. The van der Waals surface area contributed by atoms with Crippen LogP contribution >= 0.6 is 0 Å². The molecule has 1 aliphatic rings. The molecule has 1 aromatic carbocycles. The van der Waals surface area contributed by atoms with Crippen molar-refractivity contribution in [1.29, 1.82) is 0 Å². The SMILES string of the molecule is CC(NC(=O)O)C(=O)Nc1cccc(S(C)(=O)=O)c1NCC1CC1. The highest BCUT2D eigenvalue weighted by molar-refractivity contribution is 7.90. The highest BCUT2D eigenvalue weighted by atomic mass is 32.2. The van der Waals surface area contributed by atoms with E-state index in [1.165, 1.54) is 19.1 Å². The van der Waals surface area contributed by atoms with Crippen LogP contribution < -0.4 is 16.0 Å². The molecule has 9 heteroatoms. The van der Waals surface area contributed by atoms with Gasteiger partial charge in [0.2, 0.25) is 5.91 Å². The maximum Gasteiger partial charge on any atom is 0.405 e. The predicted octanol–water partition coefficient (Wildman–Crippen LogP) is 1.51. The van der Waals surface area contributed by atoms with Crippen molar-refractivity contribution in [3.8, 4) is 0 Å². The zero-order chi connectivity index (χ0) is 17.9. The monoisotopic (exact) mass is 355 g/mol. The number of carbonyl (C=O) groups excluding carboxylic acids is 1. The van der Waals surface area contributed by atoms with Crippen molar-refractivity contribution in [2.45, 2.75) is 30.7 Å². The maximum absolute atomic E-state index is 12.1. The van der Waals surface area contributed by atoms with E-state index in [0.717, 1.165) is 19.1 Å². The van der Waals surface area contributed by atoms with Gasteiger partial charge in [-0.2, -0.15) is 0 Å². The van der Waals surface area contributed by atoms with Gasteiger partial charge in [0, 0.05) is 12.8 Å². The Hall–Kier alpha value is -2.29. The van der Waals surface area contributed by atoms with Gasteiger partial charge in [0.05, 0.1) is 16.3 Å². The second-order valence-corrected chi connectivity index (χ2v) is 7.92. The summed E-state index contributed by atoms with van der Waals surface area (Å²) in [7, 11) is -3.48. The molecule has 0 bridgehead atoms. The molecular formula is C15H21N3O5S. The molecule has 1 fully saturated rings. The quantitative estimate of drug-likeness (QED) is 0.587. The number of sulfone groups is 1. The first-order valence-corrected chi connectivity index (χ1v) is 9.45. The van der Waals surface area contributed by atoms with Gasteiger partial charge < -0.3 is 21.1 Å². The van der Waals surface area contributed by atoms with E-state index in [9.17, 15) is 18.0 Å². The van der Waals surface area contributed by atoms with E-state index in [4.69, 9.17) is 5.11 Å². The minimum atomic E-state index is -3.48. The summed E-state index contributed by atoms with van der Waals surface area (Å²) in [6.45, 7) is 2.03. The summed E-state index contributed by atoms with van der Waals surface area (Å²) in [4.78, 5) is 22.8. The normalized spacial score (nSPS) is 15.4. The standard InChI is InChI=1S/C15H21N3O5S/c1-9(17-15(20)21)14(19)18-11-4-3-5-12(24(2,22)23)13(11)16-8-10-6-7-10/h3-5,9-10,16-17H,6-8H2,1-2H3,(H,18,19)(H,20,21). The van der Waals surface area contributed by atoms with E-state index < -0.39 is 27.9 Å². The van der Waals surface area contributed by atoms with E-state index in [1.54, 1.807) is 6.07 Å². The summed E-state index contributed by atoms with van der Waals surface area (Å²) < 4.78 is 24.0. The van der Waals surface area contributed by atoms with Crippen LogP contribution in [0.25, 0.3) is 0 Å². The molecule has 4 N–H and O–H groups in total. The Kier molecular flexibility index (Phi) is 5.33. The molecule has 1 aliphatic carbocycles. The number of para-hydroxylation sites is 1. The lowest BCUT2D eigenvalue weighted by Gasteiger charge is -2.18. The molecule has 0 spiro atoms. The van der Waals surface area contributed by atoms with Crippen LogP contribution in [0.15, 0.2) is 23.1 Å². The van der Waals surface area contributed by atoms with Crippen LogP contribution in [0.2, 0.25) is 0 Å². The van der Waals surface area contributed by atoms with Gasteiger partial charge >= 0.3 is 6.09 Å². The smallest absolute Gasteiger partial charge is 0.405 e. The molecule has 8 nitrogen and oxygen atoms in total. The Morgan fingerprint density at radius 3 is 2.54 bits per heavy atom. The fourth-order valence-corrected chi connectivity index (χ4v) is 3.07. The largest absolute Gasteiger partial charge is 0.465 e. The molecule has 0 radical (unpaired) electrons. The molecule has 132 valence electrons. The number of carbonyl (C=O) groups is 2. The van der Waals surface area contributed by atoms with Crippen molar-refractivity contribution in [3.63, 3.8) is 0 Å². The summed E-state index contributed by atoms with van der Waals surface area (Å²) in [5, 5.41) is 16.4. The van der Waals surface area contributed by atoms with E-state index in [1.807, 2.05) is 0 Å². The molecule has 24 heavy (non-hydrogen) atoms. The third-order valence-corrected chi connectivity index (χ3v) is 4.82. The second kappa shape index (κ2) is 7.08. The summed E-state index contributed by atoms with van der Waals surface area (Å²) in [6, 6.07) is 3.61. The molecule has 0 aromatic heterocycles. The summed E-state index contributed by atoms with van der Waals surface area (Å²) in [5.74, 6) is -0.0636. The van der Waals surface area contributed by atoms with Crippen LogP contribution in [0.5, 0.6) is 0 Å². The van der Waals surface area contributed by atoms with Crippen LogP contribution in [0.3, 0.4) is 0 Å². The number of benzene rings is 1. The second-order valence-electron chi connectivity index (χ2n) is 5.94. The average Bonchev–Trinajstić information content (AvgIpc) is 3.28. The van der Waals surface area contributed by atoms with Crippen LogP contribution in [-0.4, -0.2) is 44.4 Å². The Labute approximate surface area is 140 Å². The minimum Gasteiger partial charge on any atom is -0.465 e. The van der Waals surface area contributed by atoms with E-state index >= 15 is 0 Å². The van der Waals surface area contributed by atoms with Gasteiger partial charge in [-0.25, -0.2) is 13.2 Å². The lowest BCUT2D eigenvalue weighted by atomic mass is 10.2. The maximum atomic E-state index is 12.1. The Balaban J connectivity index is 2.26. The van der Waals surface area contributed by atoms with Crippen molar-refractivity contribution in [2.75, 3.05) is 23.4 Å². The van der Waals surface area contributed by atoms with Crippen LogP contribution in [0.4, 0.5) is 16.2 Å². The van der Waals surface area contributed by atoms with Crippen LogP contribution in [-0.2, 0) is 14.6 Å². The van der Waals surface area contributed by atoms with Gasteiger partial charge in [-0.05, 0) is 37.8 Å². The molecule has 2 amide bonds. The van der Waals surface area contributed by atoms with Crippen molar-refractivity contribution < 1.29 is 23.1 Å². The third-order valence-electron chi connectivity index (χ3n) is 3.68. The fraction of sp³-hybridized carbons (Fsp3) is 0.467. The van der Waals surface area contributed by atoms with Gasteiger partial charge in [-0.3, -0.25) is 4.79 Å². The van der Waals surface area contributed by atoms with Gasteiger partial charge in [-0.1, -0.05) is 6.07 Å². The highest BCUT2D eigenvalue weighted by Gasteiger charge is 2.24. The summed E-state index contributed by atoms with van der Waals surface area (Å²) >= 11 is 0. The molecule has 0 saturated heterocycles. The van der Waals surface area contributed by atoms with Crippen molar-refractivity contribution >= 4 is 33.2 Å². The van der Waals surface area contributed by atoms with E-state index in [0.29, 0.717) is 23.8 Å². The molecule has 0 heterocycles. The molecule has 1 aromatic rings. The number of hydrogen-bond acceptors (Lipinski definition) is 5. The molecule has 0 aliphatic heterocycles.